The van der Waals surface area contributed by atoms with Crippen molar-refractivity contribution in [2.24, 2.45) is 5.73 Å². The van der Waals surface area contributed by atoms with Crippen molar-refractivity contribution >= 4 is 5.95 Å². The molecule has 1 fully saturated rings. The molecule has 0 spiro atoms. The van der Waals surface area contributed by atoms with E-state index in [4.69, 9.17) is 5.73 Å². The van der Waals surface area contributed by atoms with Gasteiger partial charge in [0, 0.05) is 12.1 Å². The number of halogens is 1. The minimum Gasteiger partial charge on any atom is -0.350 e. The SMILES string of the molecule is N[C@H]1CCCC[C@H]1Nc1ncc(F)cn1. The maximum absolute atomic E-state index is 12.6. The summed E-state index contributed by atoms with van der Waals surface area (Å²) in [5, 5.41) is 3.14. The number of hydrogen-bond acceptors (Lipinski definition) is 4. The van der Waals surface area contributed by atoms with Crippen LogP contribution in [-0.4, -0.2) is 22.1 Å². The molecule has 0 aliphatic heterocycles. The molecule has 4 nitrogen and oxygen atoms in total. The highest BCUT2D eigenvalue weighted by atomic mass is 19.1. The Labute approximate surface area is 88.1 Å². The van der Waals surface area contributed by atoms with Gasteiger partial charge in [0.25, 0.3) is 0 Å². The van der Waals surface area contributed by atoms with Gasteiger partial charge in [-0.2, -0.15) is 0 Å². The molecule has 1 aliphatic rings. The smallest absolute Gasteiger partial charge is 0.223 e. The van der Waals surface area contributed by atoms with Crippen LogP contribution in [0.1, 0.15) is 25.7 Å². The second kappa shape index (κ2) is 4.53. The molecule has 0 saturated heterocycles. The summed E-state index contributed by atoms with van der Waals surface area (Å²) in [5.74, 6) is 0.0345. The van der Waals surface area contributed by atoms with Gasteiger partial charge < -0.3 is 11.1 Å². The lowest BCUT2D eigenvalue weighted by Crippen LogP contribution is -2.42. The second-order valence-electron chi connectivity index (χ2n) is 3.92. The first-order chi connectivity index (χ1) is 7.25. The summed E-state index contributed by atoms with van der Waals surface area (Å²) in [7, 11) is 0. The fourth-order valence-corrected chi connectivity index (χ4v) is 1.89. The van der Waals surface area contributed by atoms with Crippen molar-refractivity contribution in [2.75, 3.05) is 5.32 Å². The highest BCUT2D eigenvalue weighted by molar-refractivity contribution is 5.25. The Balaban J connectivity index is 1.98. The fraction of sp³-hybridized carbons (Fsp3) is 0.600. The van der Waals surface area contributed by atoms with E-state index in [1.54, 1.807) is 0 Å². The maximum Gasteiger partial charge on any atom is 0.223 e. The van der Waals surface area contributed by atoms with Gasteiger partial charge in [-0.1, -0.05) is 12.8 Å². The summed E-state index contributed by atoms with van der Waals surface area (Å²) in [4.78, 5) is 7.71. The Morgan fingerprint density at radius 3 is 2.60 bits per heavy atom. The molecule has 0 aromatic carbocycles. The van der Waals surface area contributed by atoms with Crippen LogP contribution in [0.4, 0.5) is 10.3 Å². The zero-order valence-corrected chi connectivity index (χ0v) is 8.49. The van der Waals surface area contributed by atoms with Crippen LogP contribution in [0, 0.1) is 5.82 Å². The third-order valence-electron chi connectivity index (χ3n) is 2.75. The summed E-state index contributed by atoms with van der Waals surface area (Å²) >= 11 is 0. The quantitative estimate of drug-likeness (QED) is 0.772. The van der Waals surface area contributed by atoms with Crippen LogP contribution in [0.25, 0.3) is 0 Å². The van der Waals surface area contributed by atoms with E-state index in [0.717, 1.165) is 25.2 Å². The van der Waals surface area contributed by atoms with Crippen molar-refractivity contribution < 1.29 is 4.39 Å². The number of nitrogens with two attached hydrogens (primary N) is 1. The van der Waals surface area contributed by atoms with E-state index >= 15 is 0 Å². The molecule has 0 bridgehead atoms. The molecule has 82 valence electrons. The molecule has 5 heteroatoms. The van der Waals surface area contributed by atoms with Crippen molar-refractivity contribution in [1.82, 2.24) is 9.97 Å². The molecular formula is C10H15FN4. The first-order valence-electron chi connectivity index (χ1n) is 5.25. The number of nitrogens with one attached hydrogen (secondary N) is 1. The van der Waals surface area contributed by atoms with Gasteiger partial charge in [0.1, 0.15) is 0 Å². The molecule has 2 atom stereocenters. The third kappa shape index (κ3) is 2.62. The number of hydrogen-bond donors (Lipinski definition) is 2. The Morgan fingerprint density at radius 2 is 1.93 bits per heavy atom. The number of anilines is 1. The second-order valence-corrected chi connectivity index (χ2v) is 3.92. The summed E-state index contributed by atoms with van der Waals surface area (Å²) in [5.41, 5.74) is 5.96. The van der Waals surface area contributed by atoms with E-state index in [2.05, 4.69) is 15.3 Å². The maximum atomic E-state index is 12.6. The van der Waals surface area contributed by atoms with E-state index in [9.17, 15) is 4.39 Å². The van der Waals surface area contributed by atoms with Crippen molar-refractivity contribution in [2.45, 2.75) is 37.8 Å². The molecule has 0 unspecified atom stereocenters. The summed E-state index contributed by atoms with van der Waals surface area (Å²) in [6.45, 7) is 0. The molecular weight excluding hydrogens is 195 g/mol. The van der Waals surface area contributed by atoms with Crippen LogP contribution in [0.15, 0.2) is 12.4 Å². The molecule has 1 aromatic rings. The Hall–Kier alpha value is -1.23. The summed E-state index contributed by atoms with van der Waals surface area (Å²) in [6, 6.07) is 0.358. The number of rotatable bonds is 2. The number of aromatic nitrogens is 2. The molecule has 1 saturated carbocycles. The lowest BCUT2D eigenvalue weighted by molar-refractivity contribution is 0.402. The first kappa shape index (κ1) is 10.3. The topological polar surface area (TPSA) is 63.8 Å². The molecule has 1 heterocycles. The zero-order valence-electron chi connectivity index (χ0n) is 8.49. The third-order valence-corrected chi connectivity index (χ3v) is 2.75. The fourth-order valence-electron chi connectivity index (χ4n) is 1.89. The standard InChI is InChI=1S/C10H15FN4/c11-7-5-13-10(14-6-7)15-9-4-2-1-3-8(9)12/h5-6,8-9H,1-4,12H2,(H,13,14,15)/t8-,9+/m0/s1. The molecule has 0 radical (unpaired) electrons. The molecule has 0 amide bonds. The Bertz CT molecular complexity index is 314. The summed E-state index contributed by atoms with van der Waals surface area (Å²) < 4.78 is 12.6. The van der Waals surface area contributed by atoms with Gasteiger partial charge in [-0.15, -0.1) is 0 Å². The average Bonchev–Trinajstić information content (AvgIpc) is 2.25. The molecule has 15 heavy (non-hydrogen) atoms. The van der Waals surface area contributed by atoms with Crippen molar-refractivity contribution in [3.05, 3.63) is 18.2 Å². The molecule has 3 N–H and O–H groups in total. The van der Waals surface area contributed by atoms with E-state index in [-0.39, 0.29) is 12.1 Å². The molecule has 2 rings (SSSR count). The van der Waals surface area contributed by atoms with Crippen LogP contribution in [0.2, 0.25) is 0 Å². The monoisotopic (exact) mass is 210 g/mol. The van der Waals surface area contributed by atoms with E-state index < -0.39 is 5.82 Å². The first-order valence-corrected chi connectivity index (χ1v) is 5.25. The number of nitrogens with zero attached hydrogens (tertiary/aromatic N) is 2. The average molecular weight is 210 g/mol. The van der Waals surface area contributed by atoms with Gasteiger partial charge in [0.05, 0.1) is 12.4 Å². The van der Waals surface area contributed by atoms with Gasteiger partial charge in [0.2, 0.25) is 5.95 Å². The Morgan fingerprint density at radius 1 is 1.27 bits per heavy atom. The van der Waals surface area contributed by atoms with Gasteiger partial charge in [0.15, 0.2) is 5.82 Å². The van der Waals surface area contributed by atoms with Crippen molar-refractivity contribution in [1.29, 1.82) is 0 Å². The van der Waals surface area contributed by atoms with E-state index in [1.807, 2.05) is 0 Å². The van der Waals surface area contributed by atoms with Gasteiger partial charge >= 0.3 is 0 Å². The Kier molecular flexibility index (Phi) is 3.11. The lowest BCUT2D eigenvalue weighted by atomic mass is 9.91. The normalized spacial score (nSPS) is 26.3. The minimum atomic E-state index is -0.423. The summed E-state index contributed by atoms with van der Waals surface area (Å²) in [6.07, 6.45) is 6.73. The van der Waals surface area contributed by atoms with Gasteiger partial charge in [-0.25, -0.2) is 14.4 Å². The predicted octanol–water partition coefficient (Wildman–Crippen LogP) is 1.30. The van der Waals surface area contributed by atoms with Crippen LogP contribution in [0.5, 0.6) is 0 Å². The van der Waals surface area contributed by atoms with Crippen LogP contribution in [0.3, 0.4) is 0 Å². The minimum absolute atomic E-state index is 0.146. The van der Waals surface area contributed by atoms with E-state index in [0.29, 0.717) is 5.95 Å². The zero-order chi connectivity index (χ0) is 10.7. The van der Waals surface area contributed by atoms with Crippen molar-refractivity contribution in [3.63, 3.8) is 0 Å². The van der Waals surface area contributed by atoms with Gasteiger partial charge in [-0.3, -0.25) is 0 Å². The van der Waals surface area contributed by atoms with Gasteiger partial charge in [-0.05, 0) is 12.8 Å². The van der Waals surface area contributed by atoms with E-state index in [1.165, 1.54) is 12.8 Å². The molecule has 1 aliphatic carbocycles. The van der Waals surface area contributed by atoms with Crippen LogP contribution >= 0.6 is 0 Å². The largest absolute Gasteiger partial charge is 0.350 e. The van der Waals surface area contributed by atoms with Crippen molar-refractivity contribution in [3.8, 4) is 0 Å². The highest BCUT2D eigenvalue weighted by Gasteiger charge is 2.21. The van der Waals surface area contributed by atoms with Crippen LogP contribution < -0.4 is 11.1 Å². The lowest BCUT2D eigenvalue weighted by Gasteiger charge is -2.29. The predicted molar refractivity (Wildman–Crippen MR) is 55.8 cm³/mol. The van der Waals surface area contributed by atoms with Crippen LogP contribution in [-0.2, 0) is 0 Å². The molecule has 1 aromatic heterocycles. The highest BCUT2D eigenvalue weighted by Crippen LogP contribution is 2.19.